The Labute approximate surface area is 122 Å². The third kappa shape index (κ3) is 7.34. The van der Waals surface area contributed by atoms with Crippen molar-refractivity contribution in [2.45, 2.75) is 50.4 Å². The third-order valence-electron chi connectivity index (χ3n) is 3.39. The van der Waals surface area contributed by atoms with Gasteiger partial charge >= 0.3 is 12.1 Å². The normalized spacial score (nSPS) is 22.6. The van der Waals surface area contributed by atoms with Crippen LogP contribution in [-0.4, -0.2) is 43.9 Å². The van der Waals surface area contributed by atoms with Gasteiger partial charge in [0.1, 0.15) is 0 Å². The van der Waals surface area contributed by atoms with Crippen LogP contribution in [0.25, 0.3) is 0 Å². The Hall–Kier alpha value is -1.26. The molecule has 0 aromatic rings. The van der Waals surface area contributed by atoms with Crippen LogP contribution >= 0.6 is 0 Å². The molecule has 0 atom stereocenters. The molecule has 0 aromatic heterocycles. The molecule has 1 saturated carbocycles. The van der Waals surface area contributed by atoms with Crippen molar-refractivity contribution in [3.63, 3.8) is 0 Å². The van der Waals surface area contributed by atoms with E-state index in [9.17, 15) is 18.0 Å². The molecule has 7 heteroatoms. The van der Waals surface area contributed by atoms with Crippen molar-refractivity contribution >= 4 is 5.91 Å². The van der Waals surface area contributed by atoms with Crippen LogP contribution in [0.3, 0.4) is 0 Å². The average molecular weight is 306 g/mol. The zero-order valence-electron chi connectivity index (χ0n) is 11.8. The summed E-state index contributed by atoms with van der Waals surface area (Å²) in [5.41, 5.74) is 0. The van der Waals surface area contributed by atoms with Gasteiger partial charge in [0.05, 0.1) is 13.2 Å². The Kier molecular flexibility index (Phi) is 7.54. The van der Waals surface area contributed by atoms with Crippen molar-refractivity contribution in [3.05, 3.63) is 0 Å². The molecule has 1 fully saturated rings. The molecular formula is C14H21F3N2O2. The molecular weight excluding hydrogens is 285 g/mol. The Morgan fingerprint density at radius 2 is 1.81 bits per heavy atom. The number of halogens is 3. The van der Waals surface area contributed by atoms with E-state index in [4.69, 9.17) is 11.2 Å². The first-order valence-corrected chi connectivity index (χ1v) is 7.05. The quantitative estimate of drug-likeness (QED) is 0.555. The minimum Gasteiger partial charge on any atom is -0.379 e. The Morgan fingerprint density at radius 1 is 1.19 bits per heavy atom. The lowest BCUT2D eigenvalue weighted by Gasteiger charge is -2.30. The molecule has 0 aliphatic heterocycles. The predicted octanol–water partition coefficient (Wildman–Crippen LogP) is 1.61. The van der Waals surface area contributed by atoms with Gasteiger partial charge in [-0.25, -0.2) is 0 Å². The van der Waals surface area contributed by atoms with Gasteiger partial charge in [-0.15, -0.1) is 12.3 Å². The third-order valence-corrected chi connectivity index (χ3v) is 3.39. The van der Waals surface area contributed by atoms with Crippen LogP contribution in [0.4, 0.5) is 13.2 Å². The monoisotopic (exact) mass is 306 g/mol. The summed E-state index contributed by atoms with van der Waals surface area (Å²) in [5.74, 6) is 0.633. The summed E-state index contributed by atoms with van der Waals surface area (Å²) in [5, 5.41) is 5.33. The molecule has 4 nitrogen and oxygen atoms in total. The first-order valence-electron chi connectivity index (χ1n) is 7.05. The zero-order valence-corrected chi connectivity index (χ0v) is 11.8. The fraction of sp³-hybridized carbons (Fsp3) is 0.786. The minimum absolute atomic E-state index is 0.264. The van der Waals surface area contributed by atoms with Crippen molar-refractivity contribution in [2.24, 2.45) is 0 Å². The van der Waals surface area contributed by atoms with E-state index in [2.05, 4.69) is 11.2 Å². The zero-order chi connectivity index (χ0) is 15.7. The van der Waals surface area contributed by atoms with E-state index in [1.165, 1.54) is 0 Å². The van der Waals surface area contributed by atoms with Crippen molar-refractivity contribution in [2.75, 3.05) is 19.8 Å². The summed E-state index contributed by atoms with van der Waals surface area (Å²) in [7, 11) is 0. The highest BCUT2D eigenvalue weighted by Gasteiger charge is 2.40. The van der Waals surface area contributed by atoms with Crippen LogP contribution in [0.15, 0.2) is 0 Å². The molecule has 1 amide bonds. The number of hydrogen-bond donors (Lipinski definition) is 2. The first kappa shape index (κ1) is 17.8. The number of carbonyl (C=O) groups is 1. The molecule has 1 rings (SSSR count). The number of nitrogens with one attached hydrogen (secondary N) is 2. The van der Waals surface area contributed by atoms with Crippen LogP contribution < -0.4 is 10.6 Å². The standard InChI is InChI=1S/C14H21F3N2O2/c1-2-3-9-21-10-8-18-11-4-6-12(7-5-11)19-13(20)14(15,16)17/h1,11-12,18H,3-10H2,(H,19,20). The van der Waals surface area contributed by atoms with Gasteiger partial charge in [0, 0.05) is 25.0 Å². The van der Waals surface area contributed by atoms with Crippen molar-refractivity contribution in [1.82, 2.24) is 10.6 Å². The fourth-order valence-corrected chi connectivity index (χ4v) is 2.28. The number of terminal acetylenes is 1. The van der Waals surface area contributed by atoms with E-state index in [0.717, 1.165) is 12.8 Å². The van der Waals surface area contributed by atoms with Crippen LogP contribution in [0.2, 0.25) is 0 Å². The molecule has 1 aliphatic carbocycles. The molecule has 21 heavy (non-hydrogen) atoms. The number of rotatable bonds is 7. The predicted molar refractivity (Wildman–Crippen MR) is 72.5 cm³/mol. The van der Waals surface area contributed by atoms with Crippen LogP contribution in [0.1, 0.15) is 32.1 Å². The lowest BCUT2D eigenvalue weighted by molar-refractivity contribution is -0.174. The highest BCUT2D eigenvalue weighted by molar-refractivity contribution is 5.81. The van der Waals surface area contributed by atoms with E-state index in [0.29, 0.717) is 39.0 Å². The molecule has 0 saturated heterocycles. The number of hydrogen-bond acceptors (Lipinski definition) is 3. The summed E-state index contributed by atoms with van der Waals surface area (Å²) in [4.78, 5) is 10.8. The Bertz CT molecular complexity index is 358. The number of ether oxygens (including phenoxy) is 1. The van der Waals surface area contributed by atoms with Gasteiger partial charge in [-0.1, -0.05) is 0 Å². The van der Waals surface area contributed by atoms with E-state index in [-0.39, 0.29) is 12.1 Å². The molecule has 2 N–H and O–H groups in total. The first-order chi connectivity index (χ1) is 9.93. The fourth-order valence-electron chi connectivity index (χ4n) is 2.28. The Morgan fingerprint density at radius 3 is 2.38 bits per heavy atom. The molecule has 1 aliphatic rings. The lowest BCUT2D eigenvalue weighted by atomic mass is 9.91. The van der Waals surface area contributed by atoms with Gasteiger partial charge in [-0.3, -0.25) is 4.79 Å². The van der Waals surface area contributed by atoms with Gasteiger partial charge in [0.25, 0.3) is 0 Å². The molecule has 0 unspecified atom stereocenters. The maximum absolute atomic E-state index is 12.1. The van der Waals surface area contributed by atoms with Gasteiger partial charge in [-0.05, 0) is 25.7 Å². The minimum atomic E-state index is -4.80. The van der Waals surface area contributed by atoms with Gasteiger partial charge in [0.2, 0.25) is 0 Å². The molecule has 0 heterocycles. The Balaban J connectivity index is 2.10. The SMILES string of the molecule is C#CCCOCCNC1CCC(NC(=O)C(F)(F)F)CC1. The summed E-state index contributed by atoms with van der Waals surface area (Å²) >= 11 is 0. The summed E-state index contributed by atoms with van der Waals surface area (Å²) in [6, 6.07) is -0.121. The highest BCUT2D eigenvalue weighted by atomic mass is 19.4. The largest absolute Gasteiger partial charge is 0.471 e. The van der Waals surface area contributed by atoms with Crippen molar-refractivity contribution in [1.29, 1.82) is 0 Å². The van der Waals surface area contributed by atoms with Crippen LogP contribution in [0.5, 0.6) is 0 Å². The number of carbonyl (C=O) groups excluding carboxylic acids is 1. The van der Waals surface area contributed by atoms with E-state index in [1.54, 1.807) is 0 Å². The second kappa shape index (κ2) is 8.90. The molecule has 0 bridgehead atoms. The second-order valence-electron chi connectivity index (χ2n) is 5.04. The number of alkyl halides is 3. The van der Waals surface area contributed by atoms with Crippen molar-refractivity contribution in [3.8, 4) is 12.3 Å². The van der Waals surface area contributed by atoms with Gasteiger partial charge in [0.15, 0.2) is 0 Å². The second-order valence-corrected chi connectivity index (χ2v) is 5.04. The summed E-state index contributed by atoms with van der Waals surface area (Å²) in [6.45, 7) is 1.79. The van der Waals surface area contributed by atoms with Crippen LogP contribution in [0, 0.1) is 12.3 Å². The molecule has 0 aromatic carbocycles. The molecule has 0 radical (unpaired) electrons. The lowest BCUT2D eigenvalue weighted by Crippen LogP contribution is -2.46. The average Bonchev–Trinajstić information content (AvgIpc) is 2.43. The van der Waals surface area contributed by atoms with E-state index in [1.807, 2.05) is 5.32 Å². The summed E-state index contributed by atoms with van der Waals surface area (Å²) < 4.78 is 41.7. The van der Waals surface area contributed by atoms with E-state index >= 15 is 0 Å². The maximum Gasteiger partial charge on any atom is 0.471 e. The van der Waals surface area contributed by atoms with Crippen LogP contribution in [-0.2, 0) is 9.53 Å². The number of amides is 1. The highest BCUT2D eigenvalue weighted by Crippen LogP contribution is 2.21. The smallest absolute Gasteiger partial charge is 0.379 e. The van der Waals surface area contributed by atoms with E-state index < -0.39 is 12.1 Å². The topological polar surface area (TPSA) is 50.4 Å². The van der Waals surface area contributed by atoms with Gasteiger partial charge in [-0.2, -0.15) is 13.2 Å². The van der Waals surface area contributed by atoms with Gasteiger partial charge < -0.3 is 15.4 Å². The van der Waals surface area contributed by atoms with Crippen molar-refractivity contribution < 1.29 is 22.7 Å². The maximum atomic E-state index is 12.1. The molecule has 0 spiro atoms. The summed E-state index contributed by atoms with van der Waals surface area (Å²) in [6.07, 6.45) is 3.47. The molecule has 120 valence electrons.